The van der Waals surface area contributed by atoms with Crippen molar-refractivity contribution >= 4 is 6.03 Å². The molecule has 138 valence electrons. The maximum Gasteiger partial charge on any atom is 0.317 e. The number of urea groups is 1. The molecule has 1 N–H and O–H groups in total. The maximum absolute atomic E-state index is 12.6. The fourth-order valence-corrected chi connectivity index (χ4v) is 4.87. The van der Waals surface area contributed by atoms with Crippen molar-refractivity contribution < 1.29 is 4.79 Å². The molecule has 6 nitrogen and oxygen atoms in total. The van der Waals surface area contributed by atoms with Gasteiger partial charge in [0, 0.05) is 51.5 Å². The number of hydrogen-bond acceptors (Lipinski definition) is 3. The number of aromatic nitrogens is 2. The molecule has 1 aliphatic carbocycles. The third-order valence-corrected chi connectivity index (χ3v) is 6.24. The van der Waals surface area contributed by atoms with E-state index in [1.165, 1.54) is 31.2 Å². The molecule has 2 aliphatic heterocycles. The van der Waals surface area contributed by atoms with Crippen LogP contribution in [0.25, 0.3) is 0 Å². The Hall–Kier alpha value is -1.56. The predicted octanol–water partition coefficient (Wildman–Crippen LogP) is 2.01. The molecule has 2 atom stereocenters. The molecule has 0 aromatic carbocycles. The van der Waals surface area contributed by atoms with Crippen LogP contribution >= 0.6 is 0 Å². The topological polar surface area (TPSA) is 53.4 Å². The van der Waals surface area contributed by atoms with Crippen molar-refractivity contribution in [1.29, 1.82) is 0 Å². The van der Waals surface area contributed by atoms with Gasteiger partial charge >= 0.3 is 6.03 Å². The molecule has 1 aromatic rings. The summed E-state index contributed by atoms with van der Waals surface area (Å²) >= 11 is 0. The van der Waals surface area contributed by atoms with E-state index in [4.69, 9.17) is 0 Å². The number of aryl methyl sites for hydroxylation is 1. The van der Waals surface area contributed by atoms with Crippen molar-refractivity contribution in [2.75, 3.05) is 26.2 Å². The van der Waals surface area contributed by atoms with Gasteiger partial charge in [0.1, 0.15) is 0 Å². The molecule has 25 heavy (non-hydrogen) atoms. The van der Waals surface area contributed by atoms with Crippen molar-refractivity contribution in [2.24, 2.45) is 13.0 Å². The number of nitrogens with one attached hydrogen (secondary N) is 1. The van der Waals surface area contributed by atoms with E-state index in [0.29, 0.717) is 12.0 Å². The van der Waals surface area contributed by atoms with Gasteiger partial charge in [0.2, 0.25) is 0 Å². The average Bonchev–Trinajstić information content (AvgIpc) is 3.34. The molecule has 0 radical (unpaired) electrons. The van der Waals surface area contributed by atoms with E-state index < -0.39 is 0 Å². The largest absolute Gasteiger partial charge is 0.334 e. The molecular formula is C19H31N5O. The van der Waals surface area contributed by atoms with Gasteiger partial charge in [0.05, 0.1) is 6.20 Å². The SMILES string of the molecule is Cn1cc(C[C@@H]2CCN(C(=O)N[C@H]3CCN(C4CCCC4)C3)C2)cn1. The molecule has 1 aromatic heterocycles. The second kappa shape index (κ2) is 7.36. The first kappa shape index (κ1) is 16.9. The first-order valence-corrected chi connectivity index (χ1v) is 9.94. The molecule has 6 heteroatoms. The summed E-state index contributed by atoms with van der Waals surface area (Å²) in [5.74, 6) is 0.563. The molecule has 1 saturated carbocycles. The van der Waals surface area contributed by atoms with Crippen LogP contribution in [-0.4, -0.2) is 63.9 Å². The minimum atomic E-state index is 0.145. The average molecular weight is 345 g/mol. The number of rotatable bonds is 4. The lowest BCUT2D eigenvalue weighted by Gasteiger charge is -2.24. The molecule has 3 fully saturated rings. The zero-order valence-electron chi connectivity index (χ0n) is 15.4. The molecule has 2 saturated heterocycles. The number of carbonyl (C=O) groups is 1. The Morgan fingerprint density at radius 3 is 2.80 bits per heavy atom. The lowest BCUT2D eigenvalue weighted by atomic mass is 10.0. The van der Waals surface area contributed by atoms with Crippen LogP contribution < -0.4 is 5.32 Å². The Morgan fingerprint density at radius 1 is 1.20 bits per heavy atom. The van der Waals surface area contributed by atoms with E-state index in [-0.39, 0.29) is 6.03 Å². The fraction of sp³-hybridized carbons (Fsp3) is 0.789. The standard InChI is InChI=1S/C19H31N5O/c1-22-12-16(11-20-22)10-15-6-8-24(13-15)19(25)21-17-7-9-23(14-17)18-4-2-3-5-18/h11-12,15,17-18H,2-10,13-14H2,1H3,(H,21,25)/t15-,17-/m0/s1. The number of likely N-dealkylation sites (tertiary alicyclic amines) is 2. The zero-order valence-corrected chi connectivity index (χ0v) is 15.4. The first-order chi connectivity index (χ1) is 12.2. The van der Waals surface area contributed by atoms with Gasteiger partial charge in [-0.2, -0.15) is 5.10 Å². The lowest BCUT2D eigenvalue weighted by molar-refractivity contribution is 0.200. The van der Waals surface area contributed by atoms with Crippen LogP contribution in [0.4, 0.5) is 4.79 Å². The normalized spacial score (nSPS) is 28.1. The van der Waals surface area contributed by atoms with Crippen molar-refractivity contribution in [2.45, 2.75) is 57.0 Å². The highest BCUT2D eigenvalue weighted by Crippen LogP contribution is 2.27. The maximum atomic E-state index is 12.6. The Balaban J connectivity index is 1.22. The van der Waals surface area contributed by atoms with Gasteiger partial charge in [-0.1, -0.05) is 12.8 Å². The zero-order chi connectivity index (χ0) is 17.2. The van der Waals surface area contributed by atoms with Gasteiger partial charge < -0.3 is 10.2 Å². The quantitative estimate of drug-likeness (QED) is 0.908. The summed E-state index contributed by atoms with van der Waals surface area (Å²) in [5.41, 5.74) is 1.28. The van der Waals surface area contributed by atoms with Crippen molar-refractivity contribution in [3.8, 4) is 0 Å². The Labute approximate surface area is 150 Å². The smallest absolute Gasteiger partial charge is 0.317 e. The van der Waals surface area contributed by atoms with Gasteiger partial charge in [-0.15, -0.1) is 0 Å². The van der Waals surface area contributed by atoms with E-state index in [0.717, 1.165) is 51.5 Å². The number of carbonyl (C=O) groups excluding carboxylic acids is 1. The monoisotopic (exact) mass is 345 g/mol. The van der Waals surface area contributed by atoms with Crippen molar-refractivity contribution in [3.05, 3.63) is 18.0 Å². The van der Waals surface area contributed by atoms with Crippen LogP contribution in [-0.2, 0) is 13.5 Å². The fourth-order valence-electron chi connectivity index (χ4n) is 4.87. The van der Waals surface area contributed by atoms with E-state index >= 15 is 0 Å². The van der Waals surface area contributed by atoms with E-state index in [2.05, 4.69) is 21.5 Å². The van der Waals surface area contributed by atoms with E-state index in [1.54, 1.807) is 0 Å². The number of nitrogens with zero attached hydrogens (tertiary/aromatic N) is 4. The summed E-state index contributed by atoms with van der Waals surface area (Å²) in [6.07, 6.45) is 12.7. The Bertz CT molecular complexity index is 594. The van der Waals surface area contributed by atoms with E-state index in [1.807, 2.05) is 22.8 Å². The Morgan fingerprint density at radius 2 is 2.04 bits per heavy atom. The van der Waals surface area contributed by atoms with Crippen LogP contribution in [0.3, 0.4) is 0 Å². The summed E-state index contributed by atoms with van der Waals surface area (Å²) in [7, 11) is 1.95. The van der Waals surface area contributed by atoms with Crippen LogP contribution in [0.15, 0.2) is 12.4 Å². The summed E-state index contributed by atoms with van der Waals surface area (Å²) in [6, 6.07) is 1.26. The molecule has 3 aliphatic rings. The van der Waals surface area contributed by atoms with Gasteiger partial charge in [-0.3, -0.25) is 9.58 Å². The second-order valence-electron chi connectivity index (χ2n) is 8.20. The van der Waals surface area contributed by atoms with Crippen LogP contribution in [0.5, 0.6) is 0 Å². The third kappa shape index (κ3) is 4.00. The van der Waals surface area contributed by atoms with Crippen molar-refractivity contribution in [3.63, 3.8) is 0 Å². The highest BCUT2D eigenvalue weighted by molar-refractivity contribution is 5.74. The van der Waals surface area contributed by atoms with Gasteiger partial charge in [0.15, 0.2) is 0 Å². The molecule has 3 heterocycles. The minimum Gasteiger partial charge on any atom is -0.334 e. The second-order valence-corrected chi connectivity index (χ2v) is 8.20. The molecule has 0 unspecified atom stereocenters. The minimum absolute atomic E-state index is 0.145. The number of amides is 2. The molecular weight excluding hydrogens is 314 g/mol. The summed E-state index contributed by atoms with van der Waals surface area (Å²) in [4.78, 5) is 17.2. The summed E-state index contributed by atoms with van der Waals surface area (Å²) in [6.45, 7) is 3.96. The van der Waals surface area contributed by atoms with Crippen LogP contribution in [0.1, 0.15) is 44.1 Å². The lowest BCUT2D eigenvalue weighted by Crippen LogP contribution is -2.45. The first-order valence-electron chi connectivity index (χ1n) is 9.94. The predicted molar refractivity (Wildman–Crippen MR) is 97.4 cm³/mol. The van der Waals surface area contributed by atoms with Crippen LogP contribution in [0, 0.1) is 5.92 Å². The molecule has 0 bridgehead atoms. The summed E-state index contributed by atoms with van der Waals surface area (Å²) < 4.78 is 1.85. The van der Waals surface area contributed by atoms with Gasteiger partial charge in [0.25, 0.3) is 0 Å². The number of hydrogen-bond donors (Lipinski definition) is 1. The van der Waals surface area contributed by atoms with Gasteiger partial charge in [-0.25, -0.2) is 4.79 Å². The molecule has 2 amide bonds. The highest BCUT2D eigenvalue weighted by Gasteiger charge is 2.33. The highest BCUT2D eigenvalue weighted by atomic mass is 16.2. The molecule has 0 spiro atoms. The third-order valence-electron chi connectivity index (χ3n) is 6.24. The molecule has 4 rings (SSSR count). The van der Waals surface area contributed by atoms with Gasteiger partial charge in [-0.05, 0) is 43.6 Å². The van der Waals surface area contributed by atoms with Crippen molar-refractivity contribution in [1.82, 2.24) is 24.9 Å². The Kier molecular flexibility index (Phi) is 4.97. The van der Waals surface area contributed by atoms with E-state index in [9.17, 15) is 4.79 Å². The summed E-state index contributed by atoms with van der Waals surface area (Å²) in [5, 5.41) is 7.53. The van der Waals surface area contributed by atoms with Crippen LogP contribution in [0.2, 0.25) is 0 Å².